The van der Waals surface area contributed by atoms with Crippen LogP contribution in [0.2, 0.25) is 0 Å². The lowest BCUT2D eigenvalue weighted by Crippen LogP contribution is -2.31. The molecule has 0 aromatic carbocycles. The first-order chi connectivity index (χ1) is 7.86. The van der Waals surface area contributed by atoms with E-state index in [0.29, 0.717) is 0 Å². The predicted octanol–water partition coefficient (Wildman–Crippen LogP) is 1.35. The van der Waals surface area contributed by atoms with Gasteiger partial charge in [-0.1, -0.05) is 0 Å². The summed E-state index contributed by atoms with van der Waals surface area (Å²) in [6, 6.07) is 0. The number of anilines is 1. The van der Waals surface area contributed by atoms with Crippen molar-refractivity contribution < 1.29 is 0 Å². The lowest BCUT2D eigenvalue weighted by molar-refractivity contribution is 0.563. The van der Waals surface area contributed by atoms with Crippen molar-refractivity contribution in [2.24, 2.45) is 7.05 Å². The Labute approximate surface area is 94.1 Å². The maximum Gasteiger partial charge on any atom is 0.207 e. The number of imidazole rings is 1. The Hall–Kier alpha value is -1.65. The van der Waals surface area contributed by atoms with Crippen molar-refractivity contribution in [3.8, 4) is 0 Å². The van der Waals surface area contributed by atoms with Crippen LogP contribution < -0.4 is 4.90 Å². The molecule has 84 valence electrons. The van der Waals surface area contributed by atoms with E-state index >= 15 is 0 Å². The third-order valence-electron chi connectivity index (χ3n) is 3.15. The van der Waals surface area contributed by atoms with E-state index in [1.807, 2.05) is 7.05 Å². The monoisotopic (exact) mass is 217 g/mol. The molecule has 2 aromatic heterocycles. The number of hydrogen-bond donors (Lipinski definition) is 0. The van der Waals surface area contributed by atoms with Gasteiger partial charge in [0.15, 0.2) is 5.65 Å². The van der Waals surface area contributed by atoms with Crippen molar-refractivity contribution in [2.75, 3.05) is 18.0 Å². The van der Waals surface area contributed by atoms with E-state index in [1.54, 1.807) is 12.5 Å². The molecule has 1 saturated heterocycles. The van der Waals surface area contributed by atoms with Gasteiger partial charge in [-0.05, 0) is 19.3 Å². The first-order valence-electron chi connectivity index (χ1n) is 5.73. The second-order valence-electron chi connectivity index (χ2n) is 4.25. The zero-order chi connectivity index (χ0) is 11.0. The Morgan fingerprint density at radius 1 is 1.19 bits per heavy atom. The minimum absolute atomic E-state index is 0.880. The van der Waals surface area contributed by atoms with Crippen molar-refractivity contribution in [3.05, 3.63) is 12.5 Å². The minimum atomic E-state index is 0.880. The molecule has 0 saturated carbocycles. The van der Waals surface area contributed by atoms with Gasteiger partial charge in [0.2, 0.25) is 5.95 Å². The molecule has 5 heteroatoms. The molecule has 0 spiro atoms. The van der Waals surface area contributed by atoms with E-state index in [2.05, 4.69) is 24.4 Å². The summed E-state index contributed by atoms with van der Waals surface area (Å²) in [5.41, 5.74) is 1.79. The number of aromatic nitrogens is 4. The van der Waals surface area contributed by atoms with Crippen molar-refractivity contribution in [3.63, 3.8) is 0 Å². The normalized spacial score (nSPS) is 16.9. The molecule has 0 radical (unpaired) electrons. The smallest absolute Gasteiger partial charge is 0.207 e. The van der Waals surface area contributed by atoms with Gasteiger partial charge in [-0.25, -0.2) is 15.0 Å². The highest BCUT2D eigenvalue weighted by molar-refractivity contribution is 5.73. The summed E-state index contributed by atoms with van der Waals surface area (Å²) in [7, 11) is 2.02. The van der Waals surface area contributed by atoms with Crippen molar-refractivity contribution >= 4 is 17.1 Å². The molecule has 0 N–H and O–H groups in total. The lowest BCUT2D eigenvalue weighted by atomic mass is 10.1. The topological polar surface area (TPSA) is 46.8 Å². The van der Waals surface area contributed by atoms with Crippen LogP contribution in [-0.4, -0.2) is 32.6 Å². The van der Waals surface area contributed by atoms with E-state index in [9.17, 15) is 0 Å². The molecule has 0 atom stereocenters. The Bertz CT molecular complexity index is 498. The number of hydrogen-bond acceptors (Lipinski definition) is 4. The standard InChI is InChI=1S/C11H15N5/c1-15-10-9(7-12-8-13-10)14-11(15)16-5-3-2-4-6-16/h7-8H,2-6H2,1H3. The molecule has 0 unspecified atom stereocenters. The molecule has 1 aliphatic heterocycles. The van der Waals surface area contributed by atoms with E-state index in [1.165, 1.54) is 19.3 Å². The molecule has 3 heterocycles. The highest BCUT2D eigenvalue weighted by Gasteiger charge is 2.17. The number of rotatable bonds is 1. The van der Waals surface area contributed by atoms with Crippen LogP contribution in [0.5, 0.6) is 0 Å². The highest BCUT2D eigenvalue weighted by atomic mass is 15.3. The minimum Gasteiger partial charge on any atom is -0.342 e. The van der Waals surface area contributed by atoms with Crippen LogP contribution in [0.3, 0.4) is 0 Å². The zero-order valence-electron chi connectivity index (χ0n) is 9.43. The average molecular weight is 217 g/mol. The lowest BCUT2D eigenvalue weighted by Gasteiger charge is -2.27. The maximum absolute atomic E-state index is 4.60. The SMILES string of the molecule is Cn1c(N2CCCCC2)nc2cncnc21. The molecule has 5 nitrogen and oxygen atoms in total. The molecular weight excluding hydrogens is 202 g/mol. The first-order valence-corrected chi connectivity index (χ1v) is 5.73. The van der Waals surface area contributed by atoms with Crippen LogP contribution in [0, 0.1) is 0 Å². The van der Waals surface area contributed by atoms with E-state index in [-0.39, 0.29) is 0 Å². The largest absolute Gasteiger partial charge is 0.342 e. The van der Waals surface area contributed by atoms with Crippen LogP contribution in [0.15, 0.2) is 12.5 Å². The zero-order valence-corrected chi connectivity index (χ0v) is 9.43. The van der Waals surface area contributed by atoms with Gasteiger partial charge in [0.05, 0.1) is 6.20 Å². The number of fused-ring (bicyclic) bond motifs is 1. The van der Waals surface area contributed by atoms with Crippen LogP contribution in [0.1, 0.15) is 19.3 Å². The summed E-state index contributed by atoms with van der Waals surface area (Å²) in [6.45, 7) is 2.20. The number of piperidine rings is 1. The fourth-order valence-electron chi connectivity index (χ4n) is 2.31. The molecule has 0 bridgehead atoms. The summed E-state index contributed by atoms with van der Waals surface area (Å²) in [5, 5.41) is 0. The van der Waals surface area contributed by atoms with Crippen LogP contribution in [-0.2, 0) is 7.05 Å². The molecule has 3 rings (SSSR count). The number of aryl methyl sites for hydroxylation is 1. The quantitative estimate of drug-likeness (QED) is 0.723. The van der Waals surface area contributed by atoms with E-state index in [0.717, 1.165) is 30.2 Å². The van der Waals surface area contributed by atoms with E-state index in [4.69, 9.17) is 0 Å². The third-order valence-corrected chi connectivity index (χ3v) is 3.15. The first kappa shape index (κ1) is 9.57. The Morgan fingerprint density at radius 3 is 2.75 bits per heavy atom. The van der Waals surface area contributed by atoms with Gasteiger partial charge >= 0.3 is 0 Å². The second kappa shape index (κ2) is 3.73. The van der Waals surface area contributed by atoms with E-state index < -0.39 is 0 Å². The molecule has 16 heavy (non-hydrogen) atoms. The van der Waals surface area contributed by atoms with Gasteiger partial charge < -0.3 is 4.90 Å². The fraction of sp³-hybridized carbons (Fsp3) is 0.545. The van der Waals surface area contributed by atoms with Gasteiger partial charge in [-0.2, -0.15) is 0 Å². The van der Waals surface area contributed by atoms with Gasteiger partial charge in [-0.15, -0.1) is 0 Å². The summed E-state index contributed by atoms with van der Waals surface area (Å²) >= 11 is 0. The molecule has 1 aliphatic rings. The molecule has 0 amide bonds. The Balaban J connectivity index is 2.05. The molecular formula is C11H15N5. The Morgan fingerprint density at radius 2 is 2.00 bits per heavy atom. The summed E-state index contributed by atoms with van der Waals surface area (Å²) in [4.78, 5) is 15.2. The predicted molar refractivity (Wildman–Crippen MR) is 62.4 cm³/mol. The number of nitrogens with zero attached hydrogens (tertiary/aromatic N) is 5. The maximum atomic E-state index is 4.60. The van der Waals surface area contributed by atoms with Crippen LogP contribution in [0.25, 0.3) is 11.2 Å². The Kier molecular flexibility index (Phi) is 2.23. The van der Waals surface area contributed by atoms with Crippen molar-refractivity contribution in [1.82, 2.24) is 19.5 Å². The van der Waals surface area contributed by atoms with Gasteiger partial charge in [0, 0.05) is 20.1 Å². The van der Waals surface area contributed by atoms with Crippen molar-refractivity contribution in [2.45, 2.75) is 19.3 Å². The molecule has 1 fully saturated rings. The van der Waals surface area contributed by atoms with Gasteiger partial charge in [0.1, 0.15) is 11.8 Å². The molecule has 2 aromatic rings. The molecule has 0 aliphatic carbocycles. The van der Waals surface area contributed by atoms with Crippen LogP contribution >= 0.6 is 0 Å². The van der Waals surface area contributed by atoms with Crippen LogP contribution in [0.4, 0.5) is 5.95 Å². The van der Waals surface area contributed by atoms with Crippen molar-refractivity contribution in [1.29, 1.82) is 0 Å². The average Bonchev–Trinajstić information content (AvgIpc) is 2.69. The summed E-state index contributed by atoms with van der Waals surface area (Å²) < 4.78 is 2.06. The van der Waals surface area contributed by atoms with Gasteiger partial charge in [-0.3, -0.25) is 4.57 Å². The van der Waals surface area contributed by atoms with Gasteiger partial charge in [0.25, 0.3) is 0 Å². The second-order valence-corrected chi connectivity index (χ2v) is 4.25. The summed E-state index contributed by atoms with van der Waals surface area (Å²) in [6.07, 6.45) is 7.20. The highest BCUT2D eigenvalue weighted by Crippen LogP contribution is 2.21. The summed E-state index contributed by atoms with van der Waals surface area (Å²) in [5.74, 6) is 1.02. The fourth-order valence-corrected chi connectivity index (χ4v) is 2.31. The third kappa shape index (κ3) is 1.43.